The minimum absolute atomic E-state index is 0.332. The van der Waals surface area contributed by atoms with Gasteiger partial charge < -0.3 is 9.64 Å². The molecule has 0 unspecified atom stereocenters. The average molecular weight is 203 g/mol. The molecule has 0 spiro atoms. The van der Waals surface area contributed by atoms with Crippen LogP contribution in [0.4, 0.5) is 5.69 Å². The Morgan fingerprint density at radius 2 is 2.07 bits per heavy atom. The highest BCUT2D eigenvalue weighted by Gasteiger charge is 2.05. The van der Waals surface area contributed by atoms with E-state index in [9.17, 15) is 4.79 Å². The largest absolute Gasteiger partial charge is 0.465 e. The molecule has 0 saturated heterocycles. The van der Waals surface area contributed by atoms with Gasteiger partial charge in [0.1, 0.15) is 0 Å². The number of esters is 1. The number of anilines is 1. The van der Waals surface area contributed by atoms with Gasteiger partial charge in [0.05, 0.1) is 19.2 Å². The molecule has 3 nitrogen and oxygen atoms in total. The van der Waals surface area contributed by atoms with Crippen molar-refractivity contribution in [2.75, 3.05) is 25.6 Å². The number of rotatable bonds is 3. The molecule has 0 radical (unpaired) electrons. The van der Waals surface area contributed by atoms with Crippen molar-refractivity contribution in [1.82, 2.24) is 0 Å². The van der Waals surface area contributed by atoms with Crippen molar-refractivity contribution in [3.63, 3.8) is 0 Å². The lowest BCUT2D eigenvalue weighted by Gasteiger charge is -2.15. The lowest BCUT2D eigenvalue weighted by atomic mass is 10.2. The summed E-state index contributed by atoms with van der Waals surface area (Å²) in [5.41, 5.74) is 1.51. The highest BCUT2D eigenvalue weighted by Crippen LogP contribution is 2.13. The summed E-state index contributed by atoms with van der Waals surface area (Å²) < 4.78 is 4.60. The van der Waals surface area contributed by atoms with Crippen molar-refractivity contribution in [1.29, 1.82) is 0 Å². The quantitative estimate of drug-likeness (QED) is 0.551. The Morgan fingerprint density at radius 1 is 1.47 bits per heavy atom. The Hall–Kier alpha value is -1.95. The lowest BCUT2D eigenvalue weighted by Crippen LogP contribution is -2.16. The smallest absolute Gasteiger partial charge is 0.337 e. The predicted octanol–water partition coefficient (Wildman–Crippen LogP) is 1.54. The number of methoxy groups -OCH3 is 1. The Balaban J connectivity index is 2.81. The topological polar surface area (TPSA) is 29.5 Å². The molecule has 0 bridgehead atoms. The standard InChI is InChI=1S/C12H13NO2/c1-4-9-13(2)11-7-5-10(6-8-11)12(14)15-3/h1,5-8H,9H2,2-3H3. The molecule has 0 N–H and O–H groups in total. The van der Waals surface area contributed by atoms with Crippen LogP contribution in [-0.2, 0) is 4.74 Å². The van der Waals surface area contributed by atoms with Crippen LogP contribution in [0.2, 0.25) is 0 Å². The Bertz CT molecular complexity index is 376. The van der Waals surface area contributed by atoms with Gasteiger partial charge in [-0.05, 0) is 24.3 Å². The molecular weight excluding hydrogens is 190 g/mol. The van der Waals surface area contributed by atoms with Crippen molar-refractivity contribution < 1.29 is 9.53 Å². The third kappa shape index (κ3) is 2.75. The number of nitrogens with zero attached hydrogens (tertiary/aromatic N) is 1. The van der Waals surface area contributed by atoms with Gasteiger partial charge >= 0.3 is 5.97 Å². The molecule has 1 aromatic carbocycles. The minimum Gasteiger partial charge on any atom is -0.465 e. The van der Waals surface area contributed by atoms with Gasteiger partial charge in [0.2, 0.25) is 0 Å². The van der Waals surface area contributed by atoms with E-state index in [-0.39, 0.29) is 5.97 Å². The maximum absolute atomic E-state index is 11.2. The van der Waals surface area contributed by atoms with Crippen molar-refractivity contribution in [3.8, 4) is 12.3 Å². The van der Waals surface area contributed by atoms with Crippen LogP contribution in [0.3, 0.4) is 0 Å². The molecule has 78 valence electrons. The van der Waals surface area contributed by atoms with Crippen LogP contribution in [0.1, 0.15) is 10.4 Å². The van der Waals surface area contributed by atoms with Crippen LogP contribution < -0.4 is 4.90 Å². The monoisotopic (exact) mass is 203 g/mol. The second-order valence-electron chi connectivity index (χ2n) is 3.10. The van der Waals surface area contributed by atoms with Crippen LogP contribution in [0.15, 0.2) is 24.3 Å². The van der Waals surface area contributed by atoms with Gasteiger partial charge in [-0.1, -0.05) is 5.92 Å². The number of terminal acetylenes is 1. The van der Waals surface area contributed by atoms with E-state index in [1.165, 1.54) is 7.11 Å². The van der Waals surface area contributed by atoms with Gasteiger partial charge in [-0.15, -0.1) is 6.42 Å². The van der Waals surface area contributed by atoms with Crippen molar-refractivity contribution in [2.24, 2.45) is 0 Å². The summed E-state index contributed by atoms with van der Waals surface area (Å²) >= 11 is 0. The van der Waals surface area contributed by atoms with Crippen LogP contribution in [0.5, 0.6) is 0 Å². The van der Waals surface area contributed by atoms with Crippen molar-refractivity contribution >= 4 is 11.7 Å². The maximum Gasteiger partial charge on any atom is 0.337 e. The maximum atomic E-state index is 11.2. The second kappa shape index (κ2) is 5.06. The van der Waals surface area contributed by atoms with Crippen LogP contribution in [-0.4, -0.2) is 26.7 Å². The van der Waals surface area contributed by atoms with E-state index in [1.54, 1.807) is 12.1 Å². The van der Waals surface area contributed by atoms with E-state index in [2.05, 4.69) is 10.7 Å². The van der Waals surface area contributed by atoms with E-state index in [0.29, 0.717) is 12.1 Å². The normalized spacial score (nSPS) is 9.13. The zero-order valence-electron chi connectivity index (χ0n) is 8.86. The first-order chi connectivity index (χ1) is 7.19. The molecule has 1 rings (SSSR count). The Labute approximate surface area is 89.7 Å². The lowest BCUT2D eigenvalue weighted by molar-refractivity contribution is 0.0601. The number of benzene rings is 1. The highest BCUT2D eigenvalue weighted by molar-refractivity contribution is 5.89. The highest BCUT2D eigenvalue weighted by atomic mass is 16.5. The SMILES string of the molecule is C#CCN(C)c1ccc(C(=O)OC)cc1. The zero-order valence-corrected chi connectivity index (χ0v) is 8.86. The third-order valence-electron chi connectivity index (χ3n) is 2.06. The molecule has 0 atom stereocenters. The number of ether oxygens (including phenoxy) is 1. The molecule has 1 aromatic rings. The molecule has 0 aliphatic carbocycles. The summed E-state index contributed by atoms with van der Waals surface area (Å²) in [4.78, 5) is 13.1. The second-order valence-corrected chi connectivity index (χ2v) is 3.10. The summed E-state index contributed by atoms with van der Waals surface area (Å²) in [7, 11) is 3.26. The number of hydrogen-bond acceptors (Lipinski definition) is 3. The molecule has 3 heteroatoms. The van der Waals surface area contributed by atoms with Gasteiger partial charge in [-0.2, -0.15) is 0 Å². The fourth-order valence-corrected chi connectivity index (χ4v) is 1.20. The Morgan fingerprint density at radius 3 is 2.53 bits per heavy atom. The van der Waals surface area contributed by atoms with E-state index >= 15 is 0 Å². The fourth-order valence-electron chi connectivity index (χ4n) is 1.20. The van der Waals surface area contributed by atoms with Gasteiger partial charge in [0.25, 0.3) is 0 Å². The molecule has 15 heavy (non-hydrogen) atoms. The summed E-state index contributed by atoms with van der Waals surface area (Å²) in [5.74, 6) is 2.22. The molecule has 0 aromatic heterocycles. The molecule has 0 aliphatic rings. The predicted molar refractivity (Wildman–Crippen MR) is 59.9 cm³/mol. The van der Waals surface area contributed by atoms with E-state index in [4.69, 9.17) is 6.42 Å². The first-order valence-electron chi connectivity index (χ1n) is 4.52. The summed E-state index contributed by atoms with van der Waals surface area (Å²) in [6.07, 6.45) is 5.20. The first-order valence-corrected chi connectivity index (χ1v) is 4.52. The van der Waals surface area contributed by atoms with Gasteiger partial charge in [-0.3, -0.25) is 0 Å². The molecule has 0 heterocycles. The van der Waals surface area contributed by atoms with Gasteiger partial charge in [0.15, 0.2) is 0 Å². The molecular formula is C12H13NO2. The third-order valence-corrected chi connectivity index (χ3v) is 2.06. The van der Waals surface area contributed by atoms with Crippen LogP contribution >= 0.6 is 0 Å². The van der Waals surface area contributed by atoms with E-state index < -0.39 is 0 Å². The first kappa shape index (κ1) is 11.1. The minimum atomic E-state index is -0.332. The van der Waals surface area contributed by atoms with E-state index in [0.717, 1.165) is 5.69 Å². The fraction of sp³-hybridized carbons (Fsp3) is 0.250. The summed E-state index contributed by atoms with van der Waals surface area (Å²) in [6, 6.07) is 7.11. The van der Waals surface area contributed by atoms with Gasteiger partial charge in [-0.25, -0.2) is 4.79 Å². The van der Waals surface area contributed by atoms with Crippen molar-refractivity contribution in [2.45, 2.75) is 0 Å². The number of carbonyl (C=O) groups excluding carboxylic acids is 1. The molecule has 0 amide bonds. The Kier molecular flexibility index (Phi) is 3.75. The zero-order chi connectivity index (χ0) is 11.3. The average Bonchev–Trinajstić information content (AvgIpc) is 2.28. The molecule has 0 fully saturated rings. The summed E-state index contributed by atoms with van der Waals surface area (Å²) in [6.45, 7) is 0.539. The van der Waals surface area contributed by atoms with Gasteiger partial charge in [0, 0.05) is 12.7 Å². The van der Waals surface area contributed by atoms with E-state index in [1.807, 2.05) is 24.1 Å². The number of hydrogen-bond donors (Lipinski definition) is 0. The summed E-state index contributed by atoms with van der Waals surface area (Å²) in [5, 5.41) is 0. The number of carbonyl (C=O) groups is 1. The van der Waals surface area contributed by atoms with Crippen LogP contribution in [0.25, 0.3) is 0 Å². The molecule has 0 aliphatic heterocycles. The molecule has 0 saturated carbocycles. The van der Waals surface area contributed by atoms with Crippen LogP contribution in [0, 0.1) is 12.3 Å². The van der Waals surface area contributed by atoms with Crippen molar-refractivity contribution in [3.05, 3.63) is 29.8 Å².